The maximum absolute atomic E-state index is 12.3. The van der Waals surface area contributed by atoms with Crippen molar-refractivity contribution in [3.8, 4) is 0 Å². The Bertz CT molecular complexity index is 385. The van der Waals surface area contributed by atoms with Crippen LogP contribution in [0, 0.1) is 0 Å². The number of hydrogen-bond acceptors (Lipinski definition) is 6. The van der Waals surface area contributed by atoms with E-state index in [0.29, 0.717) is 18.9 Å². The Kier molecular flexibility index (Phi) is 6.32. The Balaban J connectivity index is 2.71. The van der Waals surface area contributed by atoms with Crippen molar-refractivity contribution in [3.63, 3.8) is 0 Å². The highest BCUT2D eigenvalue weighted by Crippen LogP contribution is 2.51. The van der Waals surface area contributed by atoms with E-state index in [2.05, 4.69) is 10.5 Å². The Morgan fingerprint density at radius 3 is 2.17 bits per heavy atom. The first kappa shape index (κ1) is 15.1. The second-order valence-electron chi connectivity index (χ2n) is 3.49. The Morgan fingerprint density at radius 1 is 1.17 bits per heavy atom. The summed E-state index contributed by atoms with van der Waals surface area (Å²) in [5.74, 6) is 0. The van der Waals surface area contributed by atoms with Crippen LogP contribution in [0.25, 0.3) is 0 Å². The Hall–Kier alpha value is -0.910. The average molecular weight is 275 g/mol. The SMILES string of the molecule is CCOP(=O)(Cc1ccc(NOO)cc1)OCC. The molecule has 0 aliphatic heterocycles. The second kappa shape index (κ2) is 7.51. The standard InChI is InChI=1S/C11H18NO5P/c1-3-15-18(14,16-4-2)9-10-5-7-11(8-6-10)12-17-13/h5-8,12-13H,3-4,9H2,1-2H3. The summed E-state index contributed by atoms with van der Waals surface area (Å²) in [6.45, 7) is 4.24. The van der Waals surface area contributed by atoms with Crippen molar-refractivity contribution in [1.29, 1.82) is 0 Å². The van der Waals surface area contributed by atoms with Gasteiger partial charge in [0.1, 0.15) is 0 Å². The minimum atomic E-state index is -3.07. The molecule has 0 saturated heterocycles. The molecule has 6 nitrogen and oxygen atoms in total. The van der Waals surface area contributed by atoms with Crippen LogP contribution in [0.2, 0.25) is 0 Å². The number of rotatable bonds is 8. The normalized spacial score (nSPS) is 11.5. The van der Waals surface area contributed by atoms with Crippen LogP contribution >= 0.6 is 7.60 Å². The third-order valence-electron chi connectivity index (χ3n) is 2.15. The molecule has 0 spiro atoms. The van der Waals surface area contributed by atoms with Crippen molar-refractivity contribution in [1.82, 2.24) is 0 Å². The quantitative estimate of drug-likeness (QED) is 0.431. The van der Waals surface area contributed by atoms with Crippen molar-refractivity contribution in [2.75, 3.05) is 18.7 Å². The molecule has 0 heterocycles. The van der Waals surface area contributed by atoms with E-state index in [4.69, 9.17) is 14.3 Å². The zero-order valence-electron chi connectivity index (χ0n) is 10.5. The molecule has 0 bridgehead atoms. The monoisotopic (exact) mass is 275 g/mol. The maximum Gasteiger partial charge on any atom is 0.335 e. The smallest absolute Gasteiger partial charge is 0.309 e. The van der Waals surface area contributed by atoms with Crippen molar-refractivity contribution >= 4 is 13.3 Å². The lowest BCUT2D eigenvalue weighted by atomic mass is 10.2. The molecule has 0 unspecified atom stereocenters. The first-order chi connectivity index (χ1) is 8.63. The number of hydrogen-bond donors (Lipinski definition) is 2. The molecule has 0 aliphatic rings. The summed E-state index contributed by atoms with van der Waals surface area (Å²) < 4.78 is 22.7. The van der Waals surface area contributed by atoms with E-state index in [9.17, 15) is 4.57 Å². The van der Waals surface area contributed by atoms with Gasteiger partial charge in [-0.1, -0.05) is 12.1 Å². The minimum absolute atomic E-state index is 0.217. The molecular formula is C11H18NO5P. The van der Waals surface area contributed by atoms with Crippen molar-refractivity contribution < 1.29 is 23.9 Å². The van der Waals surface area contributed by atoms with Crippen LogP contribution < -0.4 is 5.48 Å². The number of nitrogens with one attached hydrogen (secondary N) is 1. The van der Waals surface area contributed by atoms with Crippen LogP contribution in [0.4, 0.5) is 5.69 Å². The lowest BCUT2D eigenvalue weighted by molar-refractivity contribution is -0.215. The molecule has 2 N–H and O–H groups in total. The first-order valence-electron chi connectivity index (χ1n) is 5.67. The highest BCUT2D eigenvalue weighted by atomic mass is 31.2. The predicted molar refractivity (Wildman–Crippen MR) is 68.3 cm³/mol. The van der Waals surface area contributed by atoms with Crippen molar-refractivity contribution in [3.05, 3.63) is 29.8 Å². The van der Waals surface area contributed by atoms with E-state index in [1.165, 1.54) is 0 Å². The highest BCUT2D eigenvalue weighted by molar-refractivity contribution is 7.53. The third kappa shape index (κ3) is 4.76. The van der Waals surface area contributed by atoms with Crippen molar-refractivity contribution in [2.24, 2.45) is 0 Å². The fourth-order valence-electron chi connectivity index (χ4n) is 1.48. The second-order valence-corrected chi connectivity index (χ2v) is 5.55. The summed E-state index contributed by atoms with van der Waals surface area (Å²) in [4.78, 5) is 3.79. The van der Waals surface area contributed by atoms with Crippen LogP contribution in [0.1, 0.15) is 19.4 Å². The van der Waals surface area contributed by atoms with E-state index in [1.54, 1.807) is 38.1 Å². The first-order valence-corrected chi connectivity index (χ1v) is 7.40. The maximum atomic E-state index is 12.3. The summed E-state index contributed by atoms with van der Waals surface area (Å²) in [7, 11) is -3.07. The van der Waals surface area contributed by atoms with Gasteiger partial charge in [-0.2, -0.15) is 0 Å². The van der Waals surface area contributed by atoms with Gasteiger partial charge in [0.15, 0.2) is 0 Å². The van der Waals surface area contributed by atoms with Gasteiger partial charge in [0.05, 0.1) is 25.1 Å². The highest BCUT2D eigenvalue weighted by Gasteiger charge is 2.23. The molecule has 0 amide bonds. The van der Waals surface area contributed by atoms with E-state index < -0.39 is 7.60 Å². The Morgan fingerprint density at radius 2 is 1.72 bits per heavy atom. The summed E-state index contributed by atoms with van der Waals surface area (Å²) in [6, 6.07) is 6.89. The number of anilines is 1. The van der Waals surface area contributed by atoms with Crippen LogP contribution in [0.3, 0.4) is 0 Å². The van der Waals surface area contributed by atoms with Gasteiger partial charge in [-0.3, -0.25) is 4.57 Å². The van der Waals surface area contributed by atoms with Gasteiger partial charge in [0, 0.05) is 0 Å². The topological polar surface area (TPSA) is 77.0 Å². The fraction of sp³-hybridized carbons (Fsp3) is 0.455. The molecule has 0 atom stereocenters. The fourth-order valence-corrected chi connectivity index (χ4v) is 3.18. The van der Waals surface area contributed by atoms with Gasteiger partial charge >= 0.3 is 7.60 Å². The molecule has 1 aromatic rings. The lowest BCUT2D eigenvalue weighted by Gasteiger charge is -2.17. The van der Waals surface area contributed by atoms with Crippen LogP contribution in [0.15, 0.2) is 24.3 Å². The van der Waals surface area contributed by atoms with Gasteiger partial charge in [0.2, 0.25) is 0 Å². The lowest BCUT2D eigenvalue weighted by Crippen LogP contribution is -2.00. The van der Waals surface area contributed by atoms with Gasteiger partial charge in [-0.25, -0.2) is 10.7 Å². The third-order valence-corrected chi connectivity index (χ3v) is 4.20. The predicted octanol–water partition coefficient (Wildman–Crippen LogP) is 3.27. The van der Waals surface area contributed by atoms with Gasteiger partial charge in [-0.15, -0.1) is 4.99 Å². The summed E-state index contributed by atoms with van der Waals surface area (Å²) >= 11 is 0. The Labute approximate surface area is 106 Å². The summed E-state index contributed by atoms with van der Waals surface area (Å²) in [5.41, 5.74) is 3.68. The molecule has 0 aliphatic carbocycles. The summed E-state index contributed by atoms with van der Waals surface area (Å²) in [5, 5.41) is 8.22. The van der Waals surface area contributed by atoms with Crippen molar-refractivity contribution in [2.45, 2.75) is 20.0 Å². The molecular weight excluding hydrogens is 257 g/mol. The molecule has 0 fully saturated rings. The van der Waals surface area contributed by atoms with E-state index >= 15 is 0 Å². The van der Waals surface area contributed by atoms with E-state index in [1.807, 2.05) is 0 Å². The zero-order chi connectivity index (χ0) is 13.4. The molecule has 0 saturated carbocycles. The van der Waals surface area contributed by atoms with Crippen LogP contribution in [-0.4, -0.2) is 18.5 Å². The molecule has 1 aromatic carbocycles. The molecule has 102 valence electrons. The molecule has 18 heavy (non-hydrogen) atoms. The molecule has 0 aromatic heterocycles. The summed E-state index contributed by atoms with van der Waals surface area (Å²) in [6.07, 6.45) is 0.217. The van der Waals surface area contributed by atoms with Gasteiger partial charge in [0.25, 0.3) is 0 Å². The van der Waals surface area contributed by atoms with Gasteiger partial charge in [-0.05, 0) is 31.5 Å². The van der Waals surface area contributed by atoms with E-state index in [-0.39, 0.29) is 6.16 Å². The largest absolute Gasteiger partial charge is 0.335 e. The zero-order valence-corrected chi connectivity index (χ0v) is 11.4. The molecule has 1 rings (SSSR count). The average Bonchev–Trinajstić information content (AvgIpc) is 2.32. The van der Waals surface area contributed by atoms with E-state index in [0.717, 1.165) is 5.56 Å². The van der Waals surface area contributed by atoms with Crippen LogP contribution in [0.5, 0.6) is 0 Å². The molecule has 0 radical (unpaired) electrons. The van der Waals surface area contributed by atoms with Crippen LogP contribution in [-0.2, 0) is 24.8 Å². The van der Waals surface area contributed by atoms with Gasteiger partial charge < -0.3 is 9.05 Å². The minimum Gasteiger partial charge on any atom is -0.309 e. The number of benzene rings is 1. The molecule has 7 heteroatoms.